The number of nitrogens with one attached hydrogen (secondary N) is 2. The van der Waals surface area contributed by atoms with Gasteiger partial charge in [-0.3, -0.25) is 0 Å². The number of carbonyl (C=O) groups is 2. The zero-order valence-electron chi connectivity index (χ0n) is 20.1. The predicted octanol–water partition coefficient (Wildman–Crippen LogP) is 5.65. The Morgan fingerprint density at radius 1 is 0.938 bits per heavy atom. The van der Waals surface area contributed by atoms with Crippen LogP contribution in [-0.2, 0) is 16.1 Å². The molecule has 0 saturated heterocycles. The van der Waals surface area contributed by atoms with Crippen LogP contribution in [-0.4, -0.2) is 35.3 Å². The van der Waals surface area contributed by atoms with Gasteiger partial charge in [0.15, 0.2) is 0 Å². The van der Waals surface area contributed by atoms with E-state index in [-0.39, 0.29) is 6.61 Å². The number of aliphatic carboxylic acids is 1. The molecule has 1 atom stereocenters. The summed E-state index contributed by atoms with van der Waals surface area (Å²) in [6.07, 6.45) is 13.8. The number of rotatable bonds is 6. The number of carbonyl (C=O) groups excluding carboxylic acids is 1. The second-order valence-electron chi connectivity index (χ2n) is 10.2. The van der Waals surface area contributed by atoms with E-state index >= 15 is 0 Å². The van der Waals surface area contributed by atoms with Gasteiger partial charge in [-0.25, -0.2) is 9.59 Å². The van der Waals surface area contributed by atoms with E-state index in [2.05, 4.69) is 10.6 Å². The number of benzene rings is 1. The van der Waals surface area contributed by atoms with Gasteiger partial charge in [-0.2, -0.15) is 0 Å². The number of carboxylic acids is 1. The van der Waals surface area contributed by atoms with Crippen molar-refractivity contribution in [2.45, 2.75) is 110 Å². The summed E-state index contributed by atoms with van der Waals surface area (Å²) in [5.74, 6) is -1.08. The normalized spacial score (nSPS) is 18.7. The van der Waals surface area contributed by atoms with Crippen LogP contribution in [0.1, 0.15) is 90.5 Å². The van der Waals surface area contributed by atoms with E-state index in [9.17, 15) is 9.59 Å². The maximum absolute atomic E-state index is 11.6. The lowest BCUT2D eigenvalue weighted by Gasteiger charge is -2.30. The monoisotopic (exact) mass is 446 g/mol. The molecule has 0 bridgehead atoms. The fourth-order valence-corrected chi connectivity index (χ4v) is 4.40. The van der Waals surface area contributed by atoms with Crippen LogP contribution >= 0.6 is 0 Å². The van der Waals surface area contributed by atoms with E-state index in [0.29, 0.717) is 0 Å². The second-order valence-corrected chi connectivity index (χ2v) is 10.2. The predicted molar refractivity (Wildman–Crippen MR) is 128 cm³/mol. The molecule has 3 N–H and O–H groups in total. The number of carboxylic acid groups (broad SMARTS) is 1. The Kier molecular flexibility index (Phi) is 11.0. The summed E-state index contributed by atoms with van der Waals surface area (Å²) in [6, 6.07) is 9.95. The Labute approximate surface area is 193 Å². The molecule has 0 unspecified atom stereocenters. The third kappa shape index (κ3) is 10.0. The molecule has 2 fully saturated rings. The SMILES string of the molecule is C1CCC(NC2CCCCC2)CC1.CC(C)(C)[C@H](NC(=O)OCc1ccccc1)C(=O)O. The molecule has 32 heavy (non-hydrogen) atoms. The molecule has 2 aliphatic carbocycles. The fourth-order valence-electron chi connectivity index (χ4n) is 4.40. The van der Waals surface area contributed by atoms with Gasteiger partial charge in [-0.1, -0.05) is 89.6 Å². The molecule has 2 aliphatic rings. The van der Waals surface area contributed by atoms with E-state index in [1.807, 2.05) is 30.3 Å². The lowest BCUT2D eigenvalue weighted by atomic mass is 9.87. The van der Waals surface area contributed by atoms with Gasteiger partial charge in [-0.15, -0.1) is 0 Å². The van der Waals surface area contributed by atoms with Gasteiger partial charge in [0.25, 0.3) is 0 Å². The van der Waals surface area contributed by atoms with Crippen molar-refractivity contribution in [3.8, 4) is 0 Å². The Bertz CT molecular complexity index is 659. The summed E-state index contributed by atoms with van der Waals surface area (Å²) in [4.78, 5) is 22.7. The van der Waals surface area contributed by atoms with E-state index in [4.69, 9.17) is 9.84 Å². The highest BCUT2D eigenvalue weighted by Crippen LogP contribution is 2.22. The summed E-state index contributed by atoms with van der Waals surface area (Å²) in [6.45, 7) is 5.33. The highest BCUT2D eigenvalue weighted by Gasteiger charge is 2.33. The van der Waals surface area contributed by atoms with Crippen molar-refractivity contribution in [1.82, 2.24) is 10.6 Å². The standard InChI is InChI=1S/C14H19NO4.C12H23N/c1-14(2,3)11(12(16)17)15-13(18)19-9-10-7-5-4-6-8-10;1-3-7-11(8-4-1)13-12-9-5-2-6-10-12/h4-8,11H,9H2,1-3H3,(H,15,18)(H,16,17);11-13H,1-10H2/t11-;/m1./s1. The van der Waals surface area contributed by atoms with Crippen LogP contribution < -0.4 is 10.6 Å². The lowest BCUT2D eigenvalue weighted by Crippen LogP contribution is -2.49. The molecule has 0 spiro atoms. The van der Waals surface area contributed by atoms with Crippen LogP contribution in [0.3, 0.4) is 0 Å². The van der Waals surface area contributed by atoms with Crippen LogP contribution in [0, 0.1) is 5.41 Å². The molecular formula is C26H42N2O4. The van der Waals surface area contributed by atoms with Crippen molar-refractivity contribution in [1.29, 1.82) is 0 Å². The zero-order chi connectivity index (χ0) is 23.4. The minimum absolute atomic E-state index is 0.114. The first kappa shape index (κ1) is 26.2. The van der Waals surface area contributed by atoms with Crippen molar-refractivity contribution in [3.05, 3.63) is 35.9 Å². The van der Waals surface area contributed by atoms with Crippen molar-refractivity contribution < 1.29 is 19.4 Å². The van der Waals surface area contributed by atoms with Crippen LogP contribution in [0.25, 0.3) is 0 Å². The Morgan fingerprint density at radius 3 is 1.88 bits per heavy atom. The third-order valence-corrected chi connectivity index (χ3v) is 6.27. The summed E-state index contributed by atoms with van der Waals surface area (Å²) in [5, 5.41) is 15.3. The molecule has 6 heteroatoms. The van der Waals surface area contributed by atoms with Crippen molar-refractivity contribution in [2.24, 2.45) is 5.41 Å². The summed E-state index contributed by atoms with van der Waals surface area (Å²) in [5.41, 5.74) is 0.262. The number of hydrogen-bond acceptors (Lipinski definition) is 4. The number of ether oxygens (including phenoxy) is 1. The highest BCUT2D eigenvalue weighted by molar-refractivity contribution is 5.80. The molecule has 6 nitrogen and oxygen atoms in total. The van der Waals surface area contributed by atoms with E-state index in [1.165, 1.54) is 64.2 Å². The van der Waals surface area contributed by atoms with Crippen LogP contribution in [0.4, 0.5) is 4.79 Å². The largest absolute Gasteiger partial charge is 0.480 e. The van der Waals surface area contributed by atoms with Gasteiger partial charge >= 0.3 is 12.1 Å². The molecule has 1 amide bonds. The first-order chi connectivity index (χ1) is 15.3. The molecule has 0 radical (unpaired) electrons. The average molecular weight is 447 g/mol. The highest BCUT2D eigenvalue weighted by atomic mass is 16.5. The Hall–Kier alpha value is -2.08. The smallest absolute Gasteiger partial charge is 0.408 e. The molecule has 1 aromatic carbocycles. The summed E-state index contributed by atoms with van der Waals surface area (Å²) < 4.78 is 4.99. The van der Waals surface area contributed by atoms with Gasteiger partial charge in [0, 0.05) is 12.1 Å². The van der Waals surface area contributed by atoms with E-state index in [0.717, 1.165) is 17.6 Å². The second kappa shape index (κ2) is 13.5. The molecule has 0 aliphatic heterocycles. The lowest BCUT2D eigenvalue weighted by molar-refractivity contribution is -0.142. The van der Waals surface area contributed by atoms with Gasteiger partial charge < -0.3 is 20.5 Å². The minimum atomic E-state index is -1.08. The van der Waals surface area contributed by atoms with Gasteiger partial charge in [0.1, 0.15) is 12.6 Å². The fraction of sp³-hybridized carbons (Fsp3) is 0.692. The van der Waals surface area contributed by atoms with Crippen LogP contribution in [0.2, 0.25) is 0 Å². The quantitative estimate of drug-likeness (QED) is 0.525. The topological polar surface area (TPSA) is 87.7 Å². The van der Waals surface area contributed by atoms with Gasteiger partial charge in [-0.05, 0) is 36.7 Å². The molecule has 3 rings (SSSR count). The van der Waals surface area contributed by atoms with E-state index in [1.54, 1.807) is 20.8 Å². The molecule has 180 valence electrons. The molecular weight excluding hydrogens is 404 g/mol. The van der Waals surface area contributed by atoms with Gasteiger partial charge in [0.05, 0.1) is 0 Å². The zero-order valence-corrected chi connectivity index (χ0v) is 20.1. The Morgan fingerprint density at radius 2 is 1.44 bits per heavy atom. The van der Waals surface area contributed by atoms with Crippen molar-refractivity contribution >= 4 is 12.1 Å². The first-order valence-corrected chi connectivity index (χ1v) is 12.2. The first-order valence-electron chi connectivity index (χ1n) is 12.2. The third-order valence-electron chi connectivity index (χ3n) is 6.27. The maximum atomic E-state index is 11.6. The van der Waals surface area contributed by atoms with Crippen molar-refractivity contribution in [2.75, 3.05) is 0 Å². The maximum Gasteiger partial charge on any atom is 0.408 e. The molecule has 2 saturated carbocycles. The number of hydrogen-bond donors (Lipinski definition) is 3. The van der Waals surface area contributed by atoms with Crippen LogP contribution in [0.5, 0.6) is 0 Å². The average Bonchev–Trinajstić information content (AvgIpc) is 2.78. The van der Waals surface area contributed by atoms with Gasteiger partial charge in [0.2, 0.25) is 0 Å². The molecule has 1 aromatic rings. The minimum Gasteiger partial charge on any atom is -0.480 e. The number of alkyl carbamates (subject to hydrolysis) is 1. The van der Waals surface area contributed by atoms with E-state index < -0.39 is 23.5 Å². The molecule has 0 heterocycles. The molecule has 0 aromatic heterocycles. The number of amides is 1. The van der Waals surface area contributed by atoms with Crippen molar-refractivity contribution in [3.63, 3.8) is 0 Å². The Balaban J connectivity index is 0.000000242. The summed E-state index contributed by atoms with van der Waals surface area (Å²) in [7, 11) is 0. The summed E-state index contributed by atoms with van der Waals surface area (Å²) >= 11 is 0. The van der Waals surface area contributed by atoms with Crippen LogP contribution in [0.15, 0.2) is 30.3 Å².